The Morgan fingerprint density at radius 2 is 1.70 bits per heavy atom. The normalized spacial score (nSPS) is 11.1. The molecule has 5 heteroatoms. The Morgan fingerprint density at radius 1 is 0.889 bits per heavy atom. The molecule has 0 unspecified atom stereocenters. The Morgan fingerprint density at radius 3 is 2.48 bits per heavy atom. The van der Waals surface area contributed by atoms with Crippen LogP contribution in [0.1, 0.15) is 0 Å². The summed E-state index contributed by atoms with van der Waals surface area (Å²) in [5.41, 5.74) is 3.56. The first-order valence-corrected chi connectivity index (χ1v) is 9.48. The highest BCUT2D eigenvalue weighted by Gasteiger charge is 2.10. The quantitative estimate of drug-likeness (QED) is 0.410. The number of hydrogen-bond donors (Lipinski definition) is 2. The van der Waals surface area contributed by atoms with E-state index in [2.05, 4.69) is 57.1 Å². The van der Waals surface area contributed by atoms with Gasteiger partial charge < -0.3 is 10.3 Å². The third-order valence-corrected chi connectivity index (χ3v) is 5.51. The molecular formula is C22H15N3OS. The Kier molecular flexibility index (Phi) is 3.73. The van der Waals surface area contributed by atoms with Gasteiger partial charge >= 0.3 is 0 Å². The SMILES string of the molecule is O=c1[nH]c2nccc(Nc3ccc(-c4cccs4)cc3)c2c2ccccc12. The van der Waals surface area contributed by atoms with Crippen molar-refractivity contribution in [2.45, 2.75) is 0 Å². The van der Waals surface area contributed by atoms with Crippen molar-refractivity contribution in [1.82, 2.24) is 9.97 Å². The van der Waals surface area contributed by atoms with E-state index in [1.54, 1.807) is 17.5 Å². The second kappa shape index (κ2) is 6.37. The summed E-state index contributed by atoms with van der Waals surface area (Å²) in [4.78, 5) is 20.8. The monoisotopic (exact) mass is 369 g/mol. The van der Waals surface area contributed by atoms with Gasteiger partial charge in [0.05, 0.1) is 5.69 Å². The summed E-state index contributed by atoms with van der Waals surface area (Å²) in [7, 11) is 0. The zero-order valence-corrected chi connectivity index (χ0v) is 15.1. The van der Waals surface area contributed by atoms with Crippen molar-refractivity contribution >= 4 is 44.5 Å². The van der Waals surface area contributed by atoms with E-state index < -0.39 is 0 Å². The van der Waals surface area contributed by atoms with Crippen LogP contribution in [0.4, 0.5) is 11.4 Å². The van der Waals surface area contributed by atoms with Crippen LogP contribution in [0.3, 0.4) is 0 Å². The molecule has 0 aliphatic rings. The number of aromatic amines is 1. The minimum absolute atomic E-state index is 0.122. The van der Waals surface area contributed by atoms with Crippen molar-refractivity contribution in [2.75, 3.05) is 5.32 Å². The summed E-state index contributed by atoms with van der Waals surface area (Å²) in [6.45, 7) is 0. The maximum atomic E-state index is 12.3. The van der Waals surface area contributed by atoms with Crippen LogP contribution in [0.2, 0.25) is 0 Å². The molecule has 27 heavy (non-hydrogen) atoms. The molecular weight excluding hydrogens is 354 g/mol. The van der Waals surface area contributed by atoms with Gasteiger partial charge in [0, 0.05) is 32.9 Å². The first-order chi connectivity index (χ1) is 13.3. The Labute approximate surface area is 159 Å². The predicted octanol–water partition coefficient (Wildman–Crippen LogP) is 5.55. The number of nitrogens with zero attached hydrogens (tertiary/aromatic N) is 1. The zero-order chi connectivity index (χ0) is 18.2. The summed E-state index contributed by atoms with van der Waals surface area (Å²) in [6, 6.07) is 22.1. The van der Waals surface area contributed by atoms with E-state index in [-0.39, 0.29) is 5.56 Å². The molecule has 0 amide bonds. The van der Waals surface area contributed by atoms with E-state index in [1.165, 1.54) is 10.4 Å². The van der Waals surface area contributed by atoms with Gasteiger partial charge in [-0.1, -0.05) is 36.4 Å². The highest BCUT2D eigenvalue weighted by Crippen LogP contribution is 2.31. The molecule has 0 spiro atoms. The molecule has 0 saturated carbocycles. The van der Waals surface area contributed by atoms with Crippen LogP contribution in [-0.4, -0.2) is 9.97 Å². The van der Waals surface area contributed by atoms with Crippen molar-refractivity contribution in [2.24, 2.45) is 0 Å². The number of H-pyrrole nitrogens is 1. The van der Waals surface area contributed by atoms with Gasteiger partial charge in [0.25, 0.3) is 5.56 Å². The van der Waals surface area contributed by atoms with Crippen molar-refractivity contribution in [3.63, 3.8) is 0 Å². The summed E-state index contributed by atoms with van der Waals surface area (Å²) < 4.78 is 0. The molecule has 2 aromatic carbocycles. The number of nitrogens with one attached hydrogen (secondary N) is 2. The maximum absolute atomic E-state index is 12.3. The highest BCUT2D eigenvalue weighted by atomic mass is 32.1. The number of rotatable bonds is 3. The van der Waals surface area contributed by atoms with Crippen molar-refractivity contribution < 1.29 is 0 Å². The molecule has 0 atom stereocenters. The molecule has 0 fully saturated rings. The predicted molar refractivity (Wildman–Crippen MR) is 113 cm³/mol. The lowest BCUT2D eigenvalue weighted by atomic mass is 10.1. The minimum Gasteiger partial charge on any atom is -0.355 e. The van der Waals surface area contributed by atoms with Gasteiger partial charge in [-0.25, -0.2) is 4.98 Å². The smallest absolute Gasteiger partial charge is 0.257 e. The van der Waals surface area contributed by atoms with Crippen molar-refractivity contribution in [1.29, 1.82) is 0 Å². The summed E-state index contributed by atoms with van der Waals surface area (Å²) in [5, 5.41) is 8.02. The van der Waals surface area contributed by atoms with Gasteiger partial charge in [0.15, 0.2) is 0 Å². The number of anilines is 2. The fourth-order valence-electron chi connectivity index (χ4n) is 3.32. The maximum Gasteiger partial charge on any atom is 0.257 e. The van der Waals surface area contributed by atoms with Crippen molar-refractivity contribution in [3.8, 4) is 10.4 Å². The van der Waals surface area contributed by atoms with E-state index in [0.717, 1.165) is 22.1 Å². The van der Waals surface area contributed by atoms with Gasteiger partial charge in [-0.05, 0) is 41.3 Å². The minimum atomic E-state index is -0.122. The number of benzene rings is 2. The molecule has 3 heterocycles. The van der Waals surface area contributed by atoms with Gasteiger partial charge in [0.1, 0.15) is 5.65 Å². The van der Waals surface area contributed by atoms with Gasteiger partial charge in [-0.15, -0.1) is 11.3 Å². The molecule has 5 rings (SSSR count). The highest BCUT2D eigenvalue weighted by molar-refractivity contribution is 7.13. The number of fused-ring (bicyclic) bond motifs is 3. The molecule has 0 aliphatic heterocycles. The Bertz CT molecular complexity index is 1310. The lowest BCUT2D eigenvalue weighted by Crippen LogP contribution is -2.08. The van der Waals surface area contributed by atoms with Gasteiger partial charge in [-0.2, -0.15) is 0 Å². The number of hydrogen-bond acceptors (Lipinski definition) is 4. The molecule has 130 valence electrons. The van der Waals surface area contributed by atoms with E-state index in [9.17, 15) is 4.79 Å². The lowest BCUT2D eigenvalue weighted by molar-refractivity contribution is 1.25. The molecule has 3 aromatic heterocycles. The van der Waals surface area contributed by atoms with Crippen LogP contribution in [0.15, 0.2) is 83.1 Å². The molecule has 0 aliphatic carbocycles. The van der Waals surface area contributed by atoms with Crippen LogP contribution in [0.25, 0.3) is 32.2 Å². The average Bonchev–Trinajstić information content (AvgIpc) is 3.24. The average molecular weight is 369 g/mol. The van der Waals surface area contributed by atoms with Crippen LogP contribution in [0, 0.1) is 0 Å². The van der Waals surface area contributed by atoms with Crippen molar-refractivity contribution in [3.05, 3.63) is 88.7 Å². The molecule has 0 radical (unpaired) electrons. The molecule has 0 bridgehead atoms. The second-order valence-electron chi connectivity index (χ2n) is 6.26. The van der Waals surface area contributed by atoms with Crippen LogP contribution in [0.5, 0.6) is 0 Å². The third kappa shape index (κ3) is 2.78. The zero-order valence-electron chi connectivity index (χ0n) is 14.3. The summed E-state index contributed by atoms with van der Waals surface area (Å²) in [5.74, 6) is 0. The van der Waals surface area contributed by atoms with Crippen LogP contribution in [-0.2, 0) is 0 Å². The van der Waals surface area contributed by atoms with Gasteiger partial charge in [-0.3, -0.25) is 4.79 Å². The van der Waals surface area contributed by atoms with Gasteiger partial charge in [0.2, 0.25) is 0 Å². The standard InChI is InChI=1S/C22H15N3OS/c26-22-17-5-2-1-4-16(17)20-18(11-12-23-21(20)25-22)24-15-9-7-14(8-10-15)19-6-3-13-27-19/h1-13H,(H2,23,24,25,26). The van der Waals surface area contributed by atoms with E-state index in [4.69, 9.17) is 0 Å². The molecule has 2 N–H and O–H groups in total. The van der Waals surface area contributed by atoms with E-state index in [1.807, 2.05) is 30.3 Å². The third-order valence-electron chi connectivity index (χ3n) is 4.59. The largest absolute Gasteiger partial charge is 0.355 e. The Hall–Kier alpha value is -3.44. The Balaban J connectivity index is 1.61. The van der Waals surface area contributed by atoms with Crippen LogP contribution < -0.4 is 10.9 Å². The molecule has 4 nitrogen and oxygen atoms in total. The second-order valence-corrected chi connectivity index (χ2v) is 7.21. The number of aromatic nitrogens is 2. The molecule has 5 aromatic rings. The first-order valence-electron chi connectivity index (χ1n) is 8.60. The van der Waals surface area contributed by atoms with E-state index in [0.29, 0.717) is 11.0 Å². The first kappa shape index (κ1) is 15.8. The van der Waals surface area contributed by atoms with E-state index >= 15 is 0 Å². The fraction of sp³-hybridized carbons (Fsp3) is 0. The summed E-state index contributed by atoms with van der Waals surface area (Å²) in [6.07, 6.45) is 1.70. The molecule has 0 saturated heterocycles. The topological polar surface area (TPSA) is 57.8 Å². The summed E-state index contributed by atoms with van der Waals surface area (Å²) >= 11 is 1.73. The lowest BCUT2D eigenvalue weighted by Gasteiger charge is -2.12. The fourth-order valence-corrected chi connectivity index (χ4v) is 4.06. The number of pyridine rings is 2. The number of thiophene rings is 1. The van der Waals surface area contributed by atoms with Crippen LogP contribution >= 0.6 is 11.3 Å².